The molecule has 0 aromatic heterocycles. The predicted molar refractivity (Wildman–Crippen MR) is 80.1 cm³/mol. The van der Waals surface area contributed by atoms with E-state index < -0.39 is 0 Å². The summed E-state index contributed by atoms with van der Waals surface area (Å²) in [7, 11) is 0. The minimum Gasteiger partial charge on any atom is -0.375 e. The fraction of sp³-hybridized carbons (Fsp3) is 0.333. The fourth-order valence-electron chi connectivity index (χ4n) is 2.67. The highest BCUT2D eigenvalue weighted by Crippen LogP contribution is 2.43. The Hall–Kier alpha value is -1.68. The zero-order chi connectivity index (χ0) is 14.1. The Labute approximate surface area is 124 Å². The lowest BCUT2D eigenvalue weighted by Gasteiger charge is -2.17. The summed E-state index contributed by atoms with van der Waals surface area (Å²) in [6, 6.07) is 18.9. The second-order valence-electron chi connectivity index (χ2n) is 5.67. The summed E-state index contributed by atoms with van der Waals surface area (Å²) in [5, 5.41) is 0. The Kier molecular flexibility index (Phi) is 3.26. The van der Waals surface area contributed by atoms with E-state index in [1.165, 1.54) is 16.7 Å². The summed E-state index contributed by atoms with van der Waals surface area (Å²) < 4.78 is 16.7. The maximum atomic E-state index is 5.78. The molecule has 0 radical (unpaired) electrons. The smallest absolute Gasteiger partial charge is 0.140 e. The maximum absolute atomic E-state index is 5.78. The first-order chi connectivity index (χ1) is 10.4. The van der Waals surface area contributed by atoms with Crippen LogP contribution in [0.4, 0.5) is 0 Å². The van der Waals surface area contributed by atoms with Crippen molar-refractivity contribution in [2.24, 2.45) is 0 Å². The highest BCUT2D eigenvalue weighted by atomic mass is 16.6. The van der Waals surface area contributed by atoms with Gasteiger partial charge in [0.25, 0.3) is 0 Å². The van der Waals surface area contributed by atoms with Gasteiger partial charge in [0, 0.05) is 0 Å². The van der Waals surface area contributed by atoms with E-state index in [0.29, 0.717) is 19.3 Å². The SMILES string of the molecule is c1ccc(-c2ccccc2C2(COCC3CO3)CO2)cc1. The molecule has 0 bridgehead atoms. The van der Waals surface area contributed by atoms with Crippen LogP contribution in [0.5, 0.6) is 0 Å². The Morgan fingerprint density at radius 1 is 1.05 bits per heavy atom. The van der Waals surface area contributed by atoms with Gasteiger partial charge in [-0.1, -0.05) is 54.6 Å². The van der Waals surface area contributed by atoms with Crippen LogP contribution in [0.1, 0.15) is 5.56 Å². The van der Waals surface area contributed by atoms with Gasteiger partial charge in [-0.15, -0.1) is 0 Å². The summed E-state index contributed by atoms with van der Waals surface area (Å²) in [4.78, 5) is 0. The van der Waals surface area contributed by atoms with Gasteiger partial charge in [-0.05, 0) is 16.7 Å². The van der Waals surface area contributed by atoms with Gasteiger partial charge >= 0.3 is 0 Å². The van der Waals surface area contributed by atoms with Crippen LogP contribution in [0.3, 0.4) is 0 Å². The van der Waals surface area contributed by atoms with E-state index in [9.17, 15) is 0 Å². The molecule has 2 fully saturated rings. The Morgan fingerprint density at radius 3 is 2.48 bits per heavy atom. The number of ether oxygens (including phenoxy) is 3. The van der Waals surface area contributed by atoms with Crippen LogP contribution in [0, 0.1) is 0 Å². The molecule has 21 heavy (non-hydrogen) atoms. The molecule has 0 spiro atoms. The van der Waals surface area contributed by atoms with Crippen molar-refractivity contribution in [2.75, 3.05) is 26.4 Å². The predicted octanol–water partition coefficient (Wildman–Crippen LogP) is 2.99. The topological polar surface area (TPSA) is 34.3 Å². The quantitative estimate of drug-likeness (QED) is 0.764. The first-order valence-corrected chi connectivity index (χ1v) is 7.36. The first-order valence-electron chi connectivity index (χ1n) is 7.36. The summed E-state index contributed by atoms with van der Waals surface area (Å²) in [5.41, 5.74) is 3.38. The van der Waals surface area contributed by atoms with E-state index in [-0.39, 0.29) is 5.60 Å². The zero-order valence-electron chi connectivity index (χ0n) is 11.8. The van der Waals surface area contributed by atoms with Gasteiger partial charge in [-0.25, -0.2) is 0 Å². The third-order valence-corrected chi connectivity index (χ3v) is 4.04. The first kappa shape index (κ1) is 13.0. The molecular weight excluding hydrogens is 264 g/mol. The van der Waals surface area contributed by atoms with Crippen LogP contribution in [-0.2, 0) is 19.8 Å². The molecule has 2 unspecified atom stereocenters. The third-order valence-electron chi connectivity index (χ3n) is 4.04. The molecule has 3 heteroatoms. The minimum absolute atomic E-state index is 0.276. The average molecular weight is 282 g/mol. The lowest BCUT2D eigenvalue weighted by atomic mass is 9.91. The molecule has 2 aliphatic rings. The number of hydrogen-bond acceptors (Lipinski definition) is 3. The Morgan fingerprint density at radius 2 is 1.76 bits per heavy atom. The van der Waals surface area contributed by atoms with Crippen molar-refractivity contribution in [2.45, 2.75) is 11.7 Å². The molecule has 2 aromatic carbocycles. The maximum Gasteiger partial charge on any atom is 0.140 e. The van der Waals surface area contributed by atoms with Gasteiger partial charge in [0.2, 0.25) is 0 Å². The molecule has 0 aliphatic carbocycles. The largest absolute Gasteiger partial charge is 0.375 e. The average Bonchev–Trinajstić information content (AvgIpc) is 3.44. The normalized spacial score (nSPS) is 26.6. The van der Waals surface area contributed by atoms with Crippen LogP contribution in [0.25, 0.3) is 11.1 Å². The number of benzene rings is 2. The van der Waals surface area contributed by atoms with Crippen molar-refractivity contribution in [1.29, 1.82) is 0 Å². The second kappa shape index (κ2) is 5.26. The van der Waals surface area contributed by atoms with Crippen LogP contribution in [0.15, 0.2) is 54.6 Å². The van der Waals surface area contributed by atoms with Crippen molar-refractivity contribution < 1.29 is 14.2 Å². The van der Waals surface area contributed by atoms with E-state index in [4.69, 9.17) is 14.2 Å². The van der Waals surface area contributed by atoms with Crippen molar-refractivity contribution >= 4 is 0 Å². The molecule has 3 nitrogen and oxygen atoms in total. The number of hydrogen-bond donors (Lipinski definition) is 0. The van der Waals surface area contributed by atoms with Crippen molar-refractivity contribution in [1.82, 2.24) is 0 Å². The summed E-state index contributed by atoms with van der Waals surface area (Å²) in [6.45, 7) is 2.81. The summed E-state index contributed by atoms with van der Waals surface area (Å²) in [5.74, 6) is 0. The van der Waals surface area contributed by atoms with Crippen LogP contribution in [-0.4, -0.2) is 32.5 Å². The number of epoxide rings is 2. The molecule has 2 aliphatic heterocycles. The van der Waals surface area contributed by atoms with Crippen LogP contribution >= 0.6 is 0 Å². The third kappa shape index (κ3) is 2.72. The molecule has 2 heterocycles. The van der Waals surface area contributed by atoms with Gasteiger partial charge in [0.05, 0.1) is 26.4 Å². The number of rotatable bonds is 6. The second-order valence-corrected chi connectivity index (χ2v) is 5.67. The standard InChI is InChI=1S/C18H18O3/c1-2-6-14(7-3-1)16-8-4-5-9-17(16)18(13-21-18)12-19-10-15-11-20-15/h1-9,15H,10-13H2. The molecule has 2 atom stereocenters. The van der Waals surface area contributed by atoms with Gasteiger partial charge in [0.1, 0.15) is 11.7 Å². The Bertz CT molecular complexity index is 615. The summed E-state index contributed by atoms with van der Waals surface area (Å²) >= 11 is 0. The van der Waals surface area contributed by atoms with Gasteiger partial charge < -0.3 is 14.2 Å². The van der Waals surface area contributed by atoms with E-state index in [1.807, 2.05) is 6.07 Å². The van der Waals surface area contributed by atoms with Crippen molar-refractivity contribution in [3.63, 3.8) is 0 Å². The zero-order valence-corrected chi connectivity index (χ0v) is 11.8. The Balaban J connectivity index is 1.59. The molecule has 0 saturated carbocycles. The lowest BCUT2D eigenvalue weighted by molar-refractivity contribution is 0.0673. The fourth-order valence-corrected chi connectivity index (χ4v) is 2.67. The molecule has 2 saturated heterocycles. The highest BCUT2D eigenvalue weighted by molar-refractivity contribution is 5.69. The van der Waals surface area contributed by atoms with Gasteiger partial charge in [-0.3, -0.25) is 0 Å². The molecule has 2 aromatic rings. The minimum atomic E-state index is -0.276. The lowest BCUT2D eigenvalue weighted by Crippen LogP contribution is -2.20. The van der Waals surface area contributed by atoms with Crippen molar-refractivity contribution in [3.05, 3.63) is 60.2 Å². The van der Waals surface area contributed by atoms with E-state index in [0.717, 1.165) is 13.2 Å². The van der Waals surface area contributed by atoms with Gasteiger partial charge in [0.15, 0.2) is 0 Å². The molecule has 108 valence electrons. The molecule has 0 amide bonds. The summed E-state index contributed by atoms with van der Waals surface area (Å²) in [6.07, 6.45) is 0.296. The monoisotopic (exact) mass is 282 g/mol. The molecular formula is C18H18O3. The van der Waals surface area contributed by atoms with Crippen LogP contribution < -0.4 is 0 Å². The van der Waals surface area contributed by atoms with Crippen LogP contribution in [0.2, 0.25) is 0 Å². The molecule has 0 N–H and O–H groups in total. The van der Waals surface area contributed by atoms with E-state index in [2.05, 4.69) is 48.5 Å². The van der Waals surface area contributed by atoms with Crippen molar-refractivity contribution in [3.8, 4) is 11.1 Å². The van der Waals surface area contributed by atoms with Gasteiger partial charge in [-0.2, -0.15) is 0 Å². The molecule has 4 rings (SSSR count). The highest BCUT2D eigenvalue weighted by Gasteiger charge is 2.48. The van der Waals surface area contributed by atoms with E-state index in [1.54, 1.807) is 0 Å². The van der Waals surface area contributed by atoms with E-state index >= 15 is 0 Å².